The summed E-state index contributed by atoms with van der Waals surface area (Å²) in [6, 6.07) is 0.309. The van der Waals surface area contributed by atoms with Gasteiger partial charge in [-0.2, -0.15) is 9.98 Å². The smallest absolute Gasteiger partial charge is 0.325 e. The molecule has 1 aliphatic heterocycles. The lowest BCUT2D eigenvalue weighted by molar-refractivity contribution is 0.0675. The number of rotatable bonds is 1. The zero-order chi connectivity index (χ0) is 13.2. The molecule has 0 amide bonds. The van der Waals surface area contributed by atoms with Gasteiger partial charge in [0.2, 0.25) is 5.96 Å². The van der Waals surface area contributed by atoms with E-state index in [4.69, 9.17) is 14.9 Å². The van der Waals surface area contributed by atoms with Crippen LogP contribution in [0.3, 0.4) is 0 Å². The summed E-state index contributed by atoms with van der Waals surface area (Å²) in [4.78, 5) is 10.3. The Bertz CT molecular complexity index is 428. The number of hydrogen-bond donors (Lipinski definition) is 1. The van der Waals surface area contributed by atoms with Crippen LogP contribution >= 0.6 is 0 Å². The Morgan fingerprint density at radius 3 is 2.61 bits per heavy atom. The lowest BCUT2D eigenvalue weighted by Crippen LogP contribution is -2.44. The average molecular weight is 252 g/mol. The maximum Gasteiger partial charge on any atom is 0.325 e. The molecule has 2 heterocycles. The van der Waals surface area contributed by atoms with Crippen LogP contribution in [0.1, 0.15) is 26.5 Å². The van der Waals surface area contributed by atoms with E-state index in [2.05, 4.69) is 30.7 Å². The maximum atomic E-state index is 5.92. The Morgan fingerprint density at radius 2 is 2.06 bits per heavy atom. The monoisotopic (exact) mass is 252 g/mol. The second kappa shape index (κ2) is 4.97. The van der Waals surface area contributed by atoms with Crippen LogP contribution in [0.2, 0.25) is 0 Å². The van der Waals surface area contributed by atoms with Gasteiger partial charge in [-0.15, -0.1) is 0 Å². The van der Waals surface area contributed by atoms with Gasteiger partial charge in [0.05, 0.1) is 19.4 Å². The summed E-state index contributed by atoms with van der Waals surface area (Å²) in [5.41, 5.74) is 5.84. The molecule has 6 nitrogen and oxygen atoms in total. The quantitative estimate of drug-likeness (QED) is 0.601. The molecule has 1 aromatic rings. The number of ether oxygens (including phenoxy) is 1. The number of morpholine rings is 1. The number of aliphatic imine (C=N–C) groups is 1. The molecule has 1 aliphatic rings. The van der Waals surface area contributed by atoms with Crippen LogP contribution in [0, 0.1) is 0 Å². The number of guanidine groups is 1. The third-order valence-corrected chi connectivity index (χ3v) is 2.78. The van der Waals surface area contributed by atoms with Crippen molar-refractivity contribution >= 4 is 12.0 Å². The molecular formula is C12H20N4O2. The van der Waals surface area contributed by atoms with E-state index in [0.717, 1.165) is 18.8 Å². The Morgan fingerprint density at radius 1 is 1.39 bits per heavy atom. The van der Waals surface area contributed by atoms with E-state index in [1.54, 1.807) is 6.20 Å². The van der Waals surface area contributed by atoms with Crippen molar-refractivity contribution in [2.75, 3.05) is 26.3 Å². The zero-order valence-corrected chi connectivity index (χ0v) is 11.1. The minimum absolute atomic E-state index is 0.0749. The van der Waals surface area contributed by atoms with Gasteiger partial charge in [0.15, 0.2) is 0 Å². The van der Waals surface area contributed by atoms with Gasteiger partial charge in [-0.25, -0.2) is 0 Å². The normalized spacial score (nSPS) is 18.2. The zero-order valence-electron chi connectivity index (χ0n) is 11.1. The molecule has 18 heavy (non-hydrogen) atoms. The van der Waals surface area contributed by atoms with E-state index in [-0.39, 0.29) is 5.41 Å². The summed E-state index contributed by atoms with van der Waals surface area (Å²) in [7, 11) is 0. The van der Waals surface area contributed by atoms with Crippen molar-refractivity contribution in [1.29, 1.82) is 0 Å². The molecule has 1 saturated heterocycles. The van der Waals surface area contributed by atoms with Gasteiger partial charge in [-0.05, 0) is 0 Å². The highest BCUT2D eigenvalue weighted by Gasteiger charge is 2.20. The minimum atomic E-state index is -0.0749. The van der Waals surface area contributed by atoms with E-state index in [1.807, 2.05) is 4.90 Å². The molecule has 6 heteroatoms. The van der Waals surface area contributed by atoms with E-state index >= 15 is 0 Å². The first-order valence-corrected chi connectivity index (χ1v) is 6.10. The number of nitrogens with two attached hydrogens (primary N) is 1. The van der Waals surface area contributed by atoms with Crippen LogP contribution in [-0.4, -0.2) is 42.1 Å². The first-order valence-electron chi connectivity index (χ1n) is 6.10. The van der Waals surface area contributed by atoms with Crippen molar-refractivity contribution in [2.24, 2.45) is 10.7 Å². The number of aromatic nitrogens is 1. The molecule has 0 aliphatic carbocycles. The van der Waals surface area contributed by atoms with Crippen molar-refractivity contribution in [2.45, 2.75) is 26.2 Å². The molecule has 2 rings (SSSR count). The maximum absolute atomic E-state index is 5.92. The first kappa shape index (κ1) is 12.9. The third-order valence-electron chi connectivity index (χ3n) is 2.78. The van der Waals surface area contributed by atoms with Crippen molar-refractivity contribution in [3.63, 3.8) is 0 Å². The average Bonchev–Trinajstić information content (AvgIpc) is 2.78. The second-order valence-electron chi connectivity index (χ2n) is 5.33. The third kappa shape index (κ3) is 3.01. The summed E-state index contributed by atoms with van der Waals surface area (Å²) < 4.78 is 10.8. The fourth-order valence-corrected chi connectivity index (χ4v) is 1.62. The van der Waals surface area contributed by atoms with E-state index in [1.165, 1.54) is 0 Å². The van der Waals surface area contributed by atoms with Crippen LogP contribution in [0.4, 0.5) is 6.01 Å². The molecule has 0 bridgehead atoms. The van der Waals surface area contributed by atoms with Crippen molar-refractivity contribution in [3.8, 4) is 0 Å². The molecule has 1 fully saturated rings. The molecular weight excluding hydrogens is 232 g/mol. The van der Waals surface area contributed by atoms with Gasteiger partial charge < -0.3 is 19.8 Å². The highest BCUT2D eigenvalue weighted by molar-refractivity contribution is 5.80. The Labute approximate surface area is 107 Å². The summed E-state index contributed by atoms with van der Waals surface area (Å²) in [5.74, 6) is 1.23. The predicted molar refractivity (Wildman–Crippen MR) is 68.9 cm³/mol. The van der Waals surface area contributed by atoms with Crippen molar-refractivity contribution < 1.29 is 9.15 Å². The van der Waals surface area contributed by atoms with Gasteiger partial charge in [-0.3, -0.25) is 0 Å². The number of hydrogen-bond acceptors (Lipinski definition) is 4. The van der Waals surface area contributed by atoms with Gasteiger partial charge in [0.25, 0.3) is 0 Å². The van der Waals surface area contributed by atoms with Crippen LogP contribution in [0.15, 0.2) is 15.6 Å². The van der Waals surface area contributed by atoms with Gasteiger partial charge in [-0.1, -0.05) is 20.8 Å². The lowest BCUT2D eigenvalue weighted by atomic mass is 9.94. The Balaban J connectivity index is 2.09. The first-order chi connectivity index (χ1) is 8.47. The van der Waals surface area contributed by atoms with E-state index in [9.17, 15) is 0 Å². The lowest BCUT2D eigenvalue weighted by Gasteiger charge is -2.27. The summed E-state index contributed by atoms with van der Waals surface area (Å²) in [6.07, 6.45) is 1.70. The molecule has 100 valence electrons. The molecule has 2 N–H and O–H groups in total. The SMILES string of the molecule is CC(C)(C)c1cnc(/N=C(\N)N2CCOCC2)o1. The molecule has 0 aromatic carbocycles. The Hall–Kier alpha value is -1.56. The topological polar surface area (TPSA) is 76.9 Å². The predicted octanol–water partition coefficient (Wildman–Crippen LogP) is 1.25. The van der Waals surface area contributed by atoms with Crippen LogP contribution in [-0.2, 0) is 10.2 Å². The van der Waals surface area contributed by atoms with Crippen molar-refractivity contribution in [3.05, 3.63) is 12.0 Å². The fourth-order valence-electron chi connectivity index (χ4n) is 1.62. The van der Waals surface area contributed by atoms with Gasteiger partial charge in [0.1, 0.15) is 5.76 Å². The minimum Gasteiger partial charge on any atom is -0.427 e. The summed E-state index contributed by atoms with van der Waals surface area (Å²) in [5, 5.41) is 0. The van der Waals surface area contributed by atoms with Crippen LogP contribution in [0.25, 0.3) is 0 Å². The summed E-state index contributed by atoms with van der Waals surface area (Å²) in [6.45, 7) is 9.04. The standard InChI is InChI=1S/C12H20N4O2/c1-12(2,3)9-8-14-11(18-9)15-10(13)16-4-6-17-7-5-16/h8H,4-7H2,1-3H3,(H2,13,14,15). The number of oxazole rings is 1. The van der Waals surface area contributed by atoms with Gasteiger partial charge in [0, 0.05) is 18.5 Å². The number of nitrogens with zero attached hydrogens (tertiary/aromatic N) is 3. The molecule has 0 saturated carbocycles. The van der Waals surface area contributed by atoms with E-state index in [0.29, 0.717) is 25.2 Å². The largest absolute Gasteiger partial charge is 0.427 e. The second-order valence-corrected chi connectivity index (χ2v) is 5.33. The van der Waals surface area contributed by atoms with Crippen LogP contribution in [0.5, 0.6) is 0 Å². The highest BCUT2D eigenvalue weighted by atomic mass is 16.5. The van der Waals surface area contributed by atoms with E-state index < -0.39 is 0 Å². The fraction of sp³-hybridized carbons (Fsp3) is 0.667. The summed E-state index contributed by atoms with van der Waals surface area (Å²) >= 11 is 0. The molecule has 1 aromatic heterocycles. The molecule has 0 atom stereocenters. The molecule has 0 radical (unpaired) electrons. The van der Waals surface area contributed by atoms with Gasteiger partial charge >= 0.3 is 6.01 Å². The van der Waals surface area contributed by atoms with Crippen molar-refractivity contribution in [1.82, 2.24) is 9.88 Å². The molecule has 0 spiro atoms. The molecule has 0 unspecified atom stereocenters. The van der Waals surface area contributed by atoms with Crippen LogP contribution < -0.4 is 5.73 Å². The Kier molecular flexibility index (Phi) is 3.56. The highest BCUT2D eigenvalue weighted by Crippen LogP contribution is 2.25.